The Labute approximate surface area is 62.2 Å². The van der Waals surface area contributed by atoms with Gasteiger partial charge in [0.05, 0.1) is 5.60 Å². The molecule has 1 atom stereocenters. The molecule has 1 aliphatic rings. The zero-order valence-corrected chi connectivity index (χ0v) is 6.70. The van der Waals surface area contributed by atoms with Crippen LogP contribution in [0.4, 0.5) is 0 Å². The Hall–Kier alpha value is 0.210. The van der Waals surface area contributed by atoms with Crippen LogP contribution in [0.1, 0.15) is 20.3 Å². The molecule has 0 spiro atoms. The molecule has 0 aromatic carbocycles. The first kappa shape index (κ1) is 9.21. The van der Waals surface area contributed by atoms with Crippen LogP contribution in [0.15, 0.2) is 0 Å². The van der Waals surface area contributed by atoms with E-state index in [1.807, 2.05) is 13.8 Å². The molecule has 3 heteroatoms. The maximum Gasteiger partial charge on any atom is 0.0777 e. The second-order valence-electron chi connectivity index (χ2n) is 2.85. The molecule has 1 rings (SSSR count). The number of rotatable bonds is 0. The Morgan fingerprint density at radius 1 is 1.56 bits per heavy atom. The summed E-state index contributed by atoms with van der Waals surface area (Å²) in [5.74, 6) is 0. The lowest BCUT2D eigenvalue weighted by Crippen LogP contribution is -2.38. The number of hydrogen-bond donors (Lipinski definition) is 1. The summed E-state index contributed by atoms with van der Waals surface area (Å²) in [7, 11) is 0. The average molecular weight is 152 g/mol. The van der Waals surface area contributed by atoms with Gasteiger partial charge in [-0.05, 0) is 20.3 Å². The van der Waals surface area contributed by atoms with Gasteiger partial charge in [-0.15, -0.1) is 12.4 Å². The second kappa shape index (κ2) is 2.86. The molecule has 1 fully saturated rings. The second-order valence-corrected chi connectivity index (χ2v) is 2.85. The molecule has 0 aromatic rings. The average Bonchev–Trinajstić information content (AvgIpc) is 1.86. The molecule has 1 saturated heterocycles. The van der Waals surface area contributed by atoms with Gasteiger partial charge in [-0.1, -0.05) is 0 Å². The normalized spacial score (nSPS) is 31.7. The number of ether oxygens (including phenoxy) is 1. The van der Waals surface area contributed by atoms with E-state index in [1.165, 1.54) is 0 Å². The fourth-order valence-corrected chi connectivity index (χ4v) is 0.904. The zero-order chi connectivity index (χ0) is 6.20. The molecule has 2 nitrogen and oxygen atoms in total. The molecule has 1 heterocycles. The van der Waals surface area contributed by atoms with Gasteiger partial charge in [0, 0.05) is 12.6 Å². The van der Waals surface area contributed by atoms with Gasteiger partial charge in [0.15, 0.2) is 0 Å². The maximum atomic E-state index is 5.69. The molecule has 0 aromatic heterocycles. The highest BCUT2D eigenvalue weighted by molar-refractivity contribution is 5.85. The Kier molecular flexibility index (Phi) is 2.93. The summed E-state index contributed by atoms with van der Waals surface area (Å²) in [4.78, 5) is 0. The summed E-state index contributed by atoms with van der Waals surface area (Å²) in [6.45, 7) is 4.89. The molecule has 0 saturated carbocycles. The molecule has 0 aliphatic carbocycles. The molecule has 0 radical (unpaired) electrons. The standard InChI is InChI=1S/C6H13NO.ClH/c1-6(2)5(7)3-4-8-6;/h5H,3-4,7H2,1-2H3;1H. The van der Waals surface area contributed by atoms with E-state index < -0.39 is 0 Å². The SMILES string of the molecule is CC1(C)OCCC1N.Cl. The van der Waals surface area contributed by atoms with Gasteiger partial charge in [-0.2, -0.15) is 0 Å². The quantitative estimate of drug-likeness (QED) is 0.559. The highest BCUT2D eigenvalue weighted by Crippen LogP contribution is 2.22. The third-order valence-electron chi connectivity index (χ3n) is 1.80. The minimum atomic E-state index is -0.0694. The van der Waals surface area contributed by atoms with Crippen LogP contribution in [0, 0.1) is 0 Å². The topological polar surface area (TPSA) is 35.2 Å². The van der Waals surface area contributed by atoms with Crippen LogP contribution in [0.2, 0.25) is 0 Å². The smallest absolute Gasteiger partial charge is 0.0777 e. The number of nitrogens with two attached hydrogens (primary N) is 1. The van der Waals surface area contributed by atoms with Crippen LogP contribution in [0.25, 0.3) is 0 Å². The molecule has 0 amide bonds. The van der Waals surface area contributed by atoms with Gasteiger partial charge in [0.2, 0.25) is 0 Å². The fraction of sp³-hybridized carbons (Fsp3) is 1.00. The molecule has 0 bridgehead atoms. The van der Waals surface area contributed by atoms with Crippen molar-refractivity contribution in [3.63, 3.8) is 0 Å². The highest BCUT2D eigenvalue weighted by Gasteiger charge is 2.32. The van der Waals surface area contributed by atoms with Crippen molar-refractivity contribution in [2.75, 3.05) is 6.61 Å². The predicted octanol–water partition coefficient (Wildman–Crippen LogP) is 0.934. The third-order valence-corrected chi connectivity index (χ3v) is 1.80. The Balaban J connectivity index is 0.000000640. The van der Waals surface area contributed by atoms with Crippen molar-refractivity contribution >= 4 is 12.4 Å². The first-order valence-corrected chi connectivity index (χ1v) is 3.02. The van der Waals surface area contributed by atoms with E-state index in [1.54, 1.807) is 0 Å². The Morgan fingerprint density at radius 2 is 2.11 bits per heavy atom. The van der Waals surface area contributed by atoms with Crippen molar-refractivity contribution in [3.8, 4) is 0 Å². The summed E-state index contributed by atoms with van der Waals surface area (Å²) in [6, 6.07) is 0.238. The van der Waals surface area contributed by atoms with Crippen LogP contribution in [-0.4, -0.2) is 18.2 Å². The summed E-state index contributed by atoms with van der Waals surface area (Å²) >= 11 is 0. The van der Waals surface area contributed by atoms with Crippen molar-refractivity contribution in [1.29, 1.82) is 0 Å². The highest BCUT2D eigenvalue weighted by atomic mass is 35.5. The van der Waals surface area contributed by atoms with Crippen molar-refractivity contribution in [1.82, 2.24) is 0 Å². The summed E-state index contributed by atoms with van der Waals surface area (Å²) in [6.07, 6.45) is 1.01. The van der Waals surface area contributed by atoms with Crippen LogP contribution in [0.5, 0.6) is 0 Å². The van der Waals surface area contributed by atoms with E-state index >= 15 is 0 Å². The molecule has 2 N–H and O–H groups in total. The van der Waals surface area contributed by atoms with E-state index in [0.717, 1.165) is 13.0 Å². The third kappa shape index (κ3) is 1.81. The minimum absolute atomic E-state index is 0. The van der Waals surface area contributed by atoms with Crippen molar-refractivity contribution in [2.24, 2.45) is 5.73 Å². The lowest BCUT2D eigenvalue weighted by atomic mass is 10.0. The molecular weight excluding hydrogens is 138 g/mol. The molecule has 1 unspecified atom stereocenters. The van der Waals surface area contributed by atoms with Gasteiger partial charge in [-0.25, -0.2) is 0 Å². The summed E-state index contributed by atoms with van der Waals surface area (Å²) < 4.78 is 5.33. The monoisotopic (exact) mass is 151 g/mol. The van der Waals surface area contributed by atoms with Crippen LogP contribution in [0.3, 0.4) is 0 Å². The van der Waals surface area contributed by atoms with E-state index in [4.69, 9.17) is 10.5 Å². The van der Waals surface area contributed by atoms with Crippen molar-refractivity contribution < 1.29 is 4.74 Å². The maximum absolute atomic E-state index is 5.69. The van der Waals surface area contributed by atoms with Gasteiger partial charge in [0.25, 0.3) is 0 Å². The van der Waals surface area contributed by atoms with Crippen molar-refractivity contribution in [3.05, 3.63) is 0 Å². The molecule has 56 valence electrons. The Bertz CT molecular complexity index is 95.1. The summed E-state index contributed by atoms with van der Waals surface area (Å²) in [5.41, 5.74) is 5.62. The van der Waals surface area contributed by atoms with Crippen LogP contribution in [-0.2, 0) is 4.74 Å². The predicted molar refractivity (Wildman–Crippen MR) is 39.9 cm³/mol. The van der Waals surface area contributed by atoms with Gasteiger partial charge >= 0.3 is 0 Å². The molecule has 9 heavy (non-hydrogen) atoms. The van der Waals surface area contributed by atoms with E-state index in [-0.39, 0.29) is 24.0 Å². The van der Waals surface area contributed by atoms with Gasteiger partial charge in [0.1, 0.15) is 0 Å². The first-order valence-electron chi connectivity index (χ1n) is 3.02. The fourth-order valence-electron chi connectivity index (χ4n) is 0.904. The lowest BCUT2D eigenvalue weighted by molar-refractivity contribution is 0.0283. The summed E-state index contributed by atoms with van der Waals surface area (Å²) in [5, 5.41) is 0. The first-order chi connectivity index (χ1) is 3.63. The largest absolute Gasteiger partial charge is 0.374 e. The van der Waals surface area contributed by atoms with Gasteiger partial charge in [-0.3, -0.25) is 0 Å². The van der Waals surface area contributed by atoms with Crippen LogP contribution >= 0.6 is 12.4 Å². The molecule has 1 aliphatic heterocycles. The van der Waals surface area contributed by atoms with E-state index in [2.05, 4.69) is 0 Å². The zero-order valence-electron chi connectivity index (χ0n) is 5.89. The lowest BCUT2D eigenvalue weighted by Gasteiger charge is -2.21. The number of hydrogen-bond acceptors (Lipinski definition) is 2. The Morgan fingerprint density at radius 3 is 2.22 bits per heavy atom. The number of halogens is 1. The minimum Gasteiger partial charge on any atom is -0.374 e. The van der Waals surface area contributed by atoms with Crippen molar-refractivity contribution in [2.45, 2.75) is 31.9 Å². The van der Waals surface area contributed by atoms with Gasteiger partial charge < -0.3 is 10.5 Å². The van der Waals surface area contributed by atoms with E-state index in [9.17, 15) is 0 Å². The van der Waals surface area contributed by atoms with E-state index in [0.29, 0.717) is 0 Å². The molecular formula is C6H14ClNO. The van der Waals surface area contributed by atoms with Crippen LogP contribution < -0.4 is 5.73 Å².